The fourth-order valence-electron chi connectivity index (χ4n) is 6.83. The van der Waals surface area contributed by atoms with Crippen LogP contribution in [0.5, 0.6) is 0 Å². The lowest BCUT2D eigenvalue weighted by Gasteiger charge is -2.42. The molecule has 6 atom stereocenters. The summed E-state index contributed by atoms with van der Waals surface area (Å²) in [4.78, 5) is 0.348. The molecule has 13 heavy (non-hydrogen) atoms. The van der Waals surface area contributed by atoms with Crippen LogP contribution in [-0.4, -0.2) is 4.87 Å². The normalized spacial score (nSPS) is 80.5. The average Bonchev–Trinajstić information content (AvgIpc) is 2.79. The molecule has 1 heteroatoms. The van der Waals surface area contributed by atoms with Crippen LogP contribution in [0.1, 0.15) is 25.7 Å². The first-order chi connectivity index (χ1) is 6.33. The van der Waals surface area contributed by atoms with Gasteiger partial charge < -0.3 is 0 Å². The molecule has 0 aromatic heterocycles. The van der Waals surface area contributed by atoms with Gasteiger partial charge >= 0.3 is 0 Å². The molecule has 0 aliphatic heterocycles. The van der Waals surface area contributed by atoms with Crippen LogP contribution in [0.4, 0.5) is 0 Å². The third kappa shape index (κ3) is 0.411. The molecule has 0 aromatic carbocycles. The van der Waals surface area contributed by atoms with Crippen molar-refractivity contribution in [1.82, 2.24) is 0 Å². The summed E-state index contributed by atoms with van der Waals surface area (Å²) >= 11 is 6.98. The molecule has 0 radical (unpaired) electrons. The van der Waals surface area contributed by atoms with Crippen molar-refractivity contribution in [2.45, 2.75) is 30.6 Å². The molecule has 6 aliphatic rings. The Hall–Kier alpha value is 0.290. The van der Waals surface area contributed by atoms with E-state index in [4.69, 9.17) is 11.6 Å². The maximum absolute atomic E-state index is 6.98. The van der Waals surface area contributed by atoms with Crippen LogP contribution in [-0.2, 0) is 0 Å². The molecule has 6 aliphatic carbocycles. The molecule has 6 rings (SSSR count). The first-order valence-corrected chi connectivity index (χ1v) is 6.40. The Kier molecular flexibility index (Phi) is 0.826. The number of halogens is 1. The zero-order valence-electron chi connectivity index (χ0n) is 7.75. The van der Waals surface area contributed by atoms with Gasteiger partial charge in [0.05, 0.1) is 4.87 Å². The number of hydrogen-bond acceptors (Lipinski definition) is 0. The molecule has 0 amide bonds. The second-order valence-electron chi connectivity index (χ2n) is 6.20. The Morgan fingerprint density at radius 3 is 1.85 bits per heavy atom. The number of hydrogen-bond donors (Lipinski definition) is 0. The first-order valence-electron chi connectivity index (χ1n) is 6.02. The van der Waals surface area contributed by atoms with Crippen LogP contribution in [0.2, 0.25) is 0 Å². The highest BCUT2D eigenvalue weighted by molar-refractivity contribution is 6.25. The van der Waals surface area contributed by atoms with Crippen molar-refractivity contribution in [2.75, 3.05) is 0 Å². The Bertz CT molecular complexity index is 284. The topological polar surface area (TPSA) is 0 Å². The zero-order valence-corrected chi connectivity index (χ0v) is 8.50. The van der Waals surface area contributed by atoms with E-state index in [0.29, 0.717) is 4.87 Å². The Morgan fingerprint density at radius 2 is 1.38 bits per heavy atom. The van der Waals surface area contributed by atoms with Crippen molar-refractivity contribution in [3.63, 3.8) is 0 Å². The van der Waals surface area contributed by atoms with Gasteiger partial charge in [-0.1, -0.05) is 0 Å². The summed E-state index contributed by atoms with van der Waals surface area (Å²) in [7, 11) is 0. The van der Waals surface area contributed by atoms with Crippen molar-refractivity contribution in [3.8, 4) is 0 Å². The quantitative estimate of drug-likeness (QED) is 0.521. The van der Waals surface area contributed by atoms with Gasteiger partial charge in [0, 0.05) is 0 Å². The lowest BCUT2D eigenvalue weighted by molar-refractivity contribution is 0.171. The minimum Gasteiger partial charge on any atom is -0.118 e. The highest BCUT2D eigenvalue weighted by atomic mass is 35.5. The molecule has 0 heterocycles. The van der Waals surface area contributed by atoms with E-state index in [0.717, 1.165) is 41.4 Å². The fraction of sp³-hybridized carbons (Fsp3) is 1.00. The van der Waals surface area contributed by atoms with E-state index in [9.17, 15) is 0 Å². The summed E-state index contributed by atoms with van der Waals surface area (Å²) in [6.07, 6.45) is 6.03. The highest BCUT2D eigenvalue weighted by Gasteiger charge is 2.83. The smallest absolute Gasteiger partial charge is 0.0542 e. The molecule has 6 fully saturated rings. The predicted octanol–water partition coefficient (Wildman–Crippen LogP) is 2.91. The van der Waals surface area contributed by atoms with Gasteiger partial charge in [0.15, 0.2) is 0 Å². The van der Waals surface area contributed by atoms with Crippen molar-refractivity contribution < 1.29 is 0 Å². The first kappa shape index (κ1) is 6.71. The Balaban J connectivity index is 1.84. The van der Waals surface area contributed by atoms with Crippen LogP contribution in [0.15, 0.2) is 0 Å². The maximum Gasteiger partial charge on any atom is 0.0542 e. The van der Waals surface area contributed by atoms with Gasteiger partial charge in [-0.25, -0.2) is 0 Å². The van der Waals surface area contributed by atoms with Crippen molar-refractivity contribution in [1.29, 1.82) is 0 Å². The SMILES string of the molecule is ClC12C3CCC4C3C3C(CCC31)C42. The third-order valence-corrected chi connectivity index (χ3v) is 7.37. The standard InChI is InChI=1S/C12H15Cl/c13-12-7-3-1-5-9(7)10-6(11(5)12)2-4-8(10)12/h5-11H,1-4H2. The maximum atomic E-state index is 6.98. The average molecular weight is 195 g/mol. The summed E-state index contributed by atoms with van der Waals surface area (Å²) in [5.41, 5.74) is 0. The third-order valence-electron chi connectivity index (χ3n) is 6.55. The number of alkyl halides is 1. The van der Waals surface area contributed by atoms with E-state index >= 15 is 0 Å². The number of rotatable bonds is 0. The minimum absolute atomic E-state index is 0.348. The summed E-state index contributed by atoms with van der Waals surface area (Å²) in [6, 6.07) is 0. The van der Waals surface area contributed by atoms with Crippen LogP contribution in [0.3, 0.4) is 0 Å². The van der Waals surface area contributed by atoms with Crippen LogP contribution in [0, 0.1) is 41.4 Å². The van der Waals surface area contributed by atoms with Gasteiger partial charge in [0.25, 0.3) is 0 Å². The Labute approximate surface area is 84.0 Å². The molecule has 6 unspecified atom stereocenters. The molecule has 8 bridgehead atoms. The van der Waals surface area contributed by atoms with Crippen molar-refractivity contribution >= 4 is 11.6 Å². The molecule has 0 nitrogen and oxygen atoms in total. The summed E-state index contributed by atoms with van der Waals surface area (Å²) in [5, 5.41) is 0. The van der Waals surface area contributed by atoms with E-state index in [1.54, 1.807) is 0 Å². The zero-order chi connectivity index (χ0) is 8.37. The van der Waals surface area contributed by atoms with Gasteiger partial charge in [0.1, 0.15) is 0 Å². The lowest BCUT2D eigenvalue weighted by atomic mass is 9.70. The molecular weight excluding hydrogens is 180 g/mol. The molecular formula is C12H15Cl. The summed E-state index contributed by atoms with van der Waals surface area (Å²) in [5.74, 6) is 7.33. The molecule has 0 spiro atoms. The van der Waals surface area contributed by atoms with Gasteiger partial charge in [-0.15, -0.1) is 11.6 Å². The van der Waals surface area contributed by atoms with Crippen LogP contribution < -0.4 is 0 Å². The monoisotopic (exact) mass is 194 g/mol. The molecule has 6 saturated carbocycles. The molecule has 70 valence electrons. The van der Waals surface area contributed by atoms with E-state index in [1.165, 1.54) is 25.7 Å². The van der Waals surface area contributed by atoms with Gasteiger partial charge in [-0.05, 0) is 67.1 Å². The van der Waals surface area contributed by atoms with Gasteiger partial charge in [-0.2, -0.15) is 0 Å². The molecule has 0 saturated heterocycles. The largest absolute Gasteiger partial charge is 0.118 e. The minimum atomic E-state index is 0.348. The van der Waals surface area contributed by atoms with E-state index in [-0.39, 0.29) is 0 Å². The van der Waals surface area contributed by atoms with Crippen molar-refractivity contribution in [2.24, 2.45) is 41.4 Å². The fourth-order valence-corrected chi connectivity index (χ4v) is 7.66. The van der Waals surface area contributed by atoms with E-state index < -0.39 is 0 Å². The van der Waals surface area contributed by atoms with Gasteiger partial charge in [0.2, 0.25) is 0 Å². The lowest BCUT2D eigenvalue weighted by Crippen LogP contribution is -2.42. The summed E-state index contributed by atoms with van der Waals surface area (Å²) < 4.78 is 0. The predicted molar refractivity (Wildman–Crippen MR) is 51.5 cm³/mol. The van der Waals surface area contributed by atoms with E-state index in [2.05, 4.69) is 0 Å². The molecule has 0 N–H and O–H groups in total. The second-order valence-corrected chi connectivity index (χ2v) is 6.86. The van der Waals surface area contributed by atoms with Crippen LogP contribution in [0.25, 0.3) is 0 Å². The molecule has 0 aromatic rings. The van der Waals surface area contributed by atoms with E-state index in [1.807, 2.05) is 0 Å². The second kappa shape index (κ2) is 1.60. The van der Waals surface area contributed by atoms with Gasteiger partial charge in [-0.3, -0.25) is 0 Å². The van der Waals surface area contributed by atoms with Crippen molar-refractivity contribution in [3.05, 3.63) is 0 Å². The summed E-state index contributed by atoms with van der Waals surface area (Å²) in [6.45, 7) is 0. The Morgan fingerprint density at radius 1 is 0.846 bits per heavy atom. The highest BCUT2D eigenvalue weighted by Crippen LogP contribution is 2.85. The van der Waals surface area contributed by atoms with Crippen LogP contribution >= 0.6 is 11.6 Å².